The van der Waals surface area contributed by atoms with E-state index in [1.165, 1.54) is 0 Å². The maximum absolute atomic E-state index is 11.1. The fourth-order valence-electron chi connectivity index (χ4n) is 3.53. The van der Waals surface area contributed by atoms with Crippen molar-refractivity contribution in [1.29, 1.82) is 0 Å². The monoisotopic (exact) mass is 434 g/mol. The van der Waals surface area contributed by atoms with Gasteiger partial charge < -0.3 is 4.74 Å². The SMILES string of the molecule is O=Cc1cc(C=O)cc(-c2ccc(Oc3ccc(-c4cc(C=O)cc(C=O)c4)cc3)cc2)c1. The van der Waals surface area contributed by atoms with E-state index in [-0.39, 0.29) is 0 Å². The van der Waals surface area contributed by atoms with E-state index in [1.807, 2.05) is 24.3 Å². The van der Waals surface area contributed by atoms with Crippen LogP contribution in [-0.4, -0.2) is 25.1 Å². The lowest BCUT2D eigenvalue weighted by molar-refractivity contribution is 0.111. The van der Waals surface area contributed by atoms with Crippen LogP contribution in [0.5, 0.6) is 11.5 Å². The molecule has 0 unspecified atom stereocenters. The quantitative estimate of drug-likeness (QED) is 0.315. The molecule has 5 nitrogen and oxygen atoms in total. The van der Waals surface area contributed by atoms with Gasteiger partial charge in [-0.3, -0.25) is 19.2 Å². The van der Waals surface area contributed by atoms with Crippen LogP contribution in [0.25, 0.3) is 22.3 Å². The Hall–Kier alpha value is -4.64. The molecule has 0 aliphatic heterocycles. The van der Waals surface area contributed by atoms with Crippen LogP contribution in [0, 0.1) is 0 Å². The summed E-state index contributed by atoms with van der Waals surface area (Å²) in [5.41, 5.74) is 5.00. The van der Waals surface area contributed by atoms with Crippen molar-refractivity contribution in [2.45, 2.75) is 0 Å². The fourth-order valence-corrected chi connectivity index (χ4v) is 3.53. The molecule has 0 fully saturated rings. The van der Waals surface area contributed by atoms with E-state index in [0.29, 0.717) is 58.9 Å². The summed E-state index contributed by atoms with van der Waals surface area (Å²) in [7, 11) is 0. The second kappa shape index (κ2) is 9.66. The normalized spacial score (nSPS) is 10.3. The van der Waals surface area contributed by atoms with Crippen molar-refractivity contribution in [3.05, 3.63) is 107 Å². The molecule has 0 aromatic heterocycles. The van der Waals surface area contributed by atoms with Gasteiger partial charge in [0.2, 0.25) is 0 Å². The molecule has 0 atom stereocenters. The minimum atomic E-state index is 0.439. The highest BCUT2D eigenvalue weighted by Crippen LogP contribution is 2.29. The molecule has 5 heteroatoms. The summed E-state index contributed by atoms with van der Waals surface area (Å²) in [6.45, 7) is 0. The van der Waals surface area contributed by atoms with Gasteiger partial charge in [-0.05, 0) is 82.9 Å². The predicted molar refractivity (Wildman–Crippen MR) is 125 cm³/mol. The second-order valence-corrected chi connectivity index (χ2v) is 7.40. The Kier molecular flexibility index (Phi) is 6.32. The molecule has 4 aromatic carbocycles. The van der Waals surface area contributed by atoms with E-state index in [4.69, 9.17) is 4.74 Å². The molecule has 0 bridgehead atoms. The molecule has 0 amide bonds. The van der Waals surface area contributed by atoms with Gasteiger partial charge in [0.15, 0.2) is 0 Å². The number of carbonyl (C=O) groups excluding carboxylic acids is 4. The van der Waals surface area contributed by atoms with Gasteiger partial charge in [0.05, 0.1) is 0 Å². The van der Waals surface area contributed by atoms with Crippen molar-refractivity contribution in [2.24, 2.45) is 0 Å². The highest BCUT2D eigenvalue weighted by Gasteiger charge is 2.06. The first-order valence-electron chi connectivity index (χ1n) is 10.1. The summed E-state index contributed by atoms with van der Waals surface area (Å²) in [4.78, 5) is 44.5. The number of ether oxygens (including phenoxy) is 1. The van der Waals surface area contributed by atoms with Gasteiger partial charge in [-0.15, -0.1) is 0 Å². The van der Waals surface area contributed by atoms with E-state index in [9.17, 15) is 19.2 Å². The smallest absolute Gasteiger partial charge is 0.150 e. The molecule has 0 saturated carbocycles. The molecule has 0 N–H and O–H groups in total. The van der Waals surface area contributed by atoms with Gasteiger partial charge in [-0.2, -0.15) is 0 Å². The Labute approximate surface area is 190 Å². The van der Waals surface area contributed by atoms with Gasteiger partial charge in [0.1, 0.15) is 36.6 Å². The molecule has 0 radical (unpaired) electrons. The van der Waals surface area contributed by atoms with Crippen molar-refractivity contribution in [3.63, 3.8) is 0 Å². The number of hydrogen-bond acceptors (Lipinski definition) is 5. The molecule has 0 aliphatic carbocycles. The van der Waals surface area contributed by atoms with Gasteiger partial charge in [0, 0.05) is 22.3 Å². The van der Waals surface area contributed by atoms with E-state index in [1.54, 1.807) is 60.7 Å². The largest absolute Gasteiger partial charge is 0.457 e. The van der Waals surface area contributed by atoms with Gasteiger partial charge >= 0.3 is 0 Å². The van der Waals surface area contributed by atoms with Crippen LogP contribution in [0.15, 0.2) is 84.9 Å². The molecule has 0 aliphatic rings. The number of hydrogen-bond donors (Lipinski definition) is 0. The lowest BCUT2D eigenvalue weighted by Gasteiger charge is -2.09. The molecule has 4 aromatic rings. The molecule has 4 rings (SSSR count). The van der Waals surface area contributed by atoms with Gasteiger partial charge in [-0.25, -0.2) is 0 Å². The zero-order valence-corrected chi connectivity index (χ0v) is 17.4. The van der Waals surface area contributed by atoms with Crippen LogP contribution in [0.3, 0.4) is 0 Å². The second-order valence-electron chi connectivity index (χ2n) is 7.40. The summed E-state index contributed by atoms with van der Waals surface area (Å²) in [6, 6.07) is 24.6. The summed E-state index contributed by atoms with van der Waals surface area (Å²) in [5.74, 6) is 1.25. The Morgan fingerprint density at radius 1 is 0.394 bits per heavy atom. The standard InChI is InChI=1S/C28H18O5/c29-15-19-9-20(16-30)12-25(11-19)23-1-5-27(6-2-23)33-28-7-3-24(4-8-28)26-13-21(17-31)10-22(14-26)18-32/h1-18H. The third kappa shape index (κ3) is 4.99. The molecular weight excluding hydrogens is 416 g/mol. The third-order valence-electron chi connectivity index (χ3n) is 5.11. The summed E-state index contributed by atoms with van der Waals surface area (Å²) in [5, 5.41) is 0. The van der Waals surface area contributed by atoms with Crippen molar-refractivity contribution >= 4 is 25.1 Å². The Bertz CT molecular complexity index is 1180. The molecule has 0 saturated heterocycles. The summed E-state index contributed by atoms with van der Waals surface area (Å²) < 4.78 is 5.91. The van der Waals surface area contributed by atoms with Crippen molar-refractivity contribution in [3.8, 4) is 33.8 Å². The van der Waals surface area contributed by atoms with Crippen molar-refractivity contribution in [2.75, 3.05) is 0 Å². The van der Waals surface area contributed by atoms with Crippen molar-refractivity contribution in [1.82, 2.24) is 0 Å². The fraction of sp³-hybridized carbons (Fsp3) is 0. The van der Waals surface area contributed by atoms with Crippen LogP contribution in [0.1, 0.15) is 41.4 Å². The van der Waals surface area contributed by atoms with Gasteiger partial charge in [-0.1, -0.05) is 24.3 Å². The first-order chi connectivity index (χ1) is 16.1. The number of benzene rings is 4. The Morgan fingerprint density at radius 2 is 0.697 bits per heavy atom. The molecule has 160 valence electrons. The van der Waals surface area contributed by atoms with E-state index in [0.717, 1.165) is 22.3 Å². The van der Waals surface area contributed by atoms with E-state index < -0.39 is 0 Å². The highest BCUT2D eigenvalue weighted by atomic mass is 16.5. The molecule has 33 heavy (non-hydrogen) atoms. The molecule has 0 spiro atoms. The summed E-state index contributed by atoms with van der Waals surface area (Å²) in [6.07, 6.45) is 2.86. The number of aldehydes is 4. The Balaban J connectivity index is 1.52. The van der Waals surface area contributed by atoms with Crippen molar-refractivity contribution < 1.29 is 23.9 Å². The molecular formula is C28H18O5. The highest BCUT2D eigenvalue weighted by molar-refractivity contribution is 5.87. The van der Waals surface area contributed by atoms with Gasteiger partial charge in [0.25, 0.3) is 0 Å². The third-order valence-corrected chi connectivity index (χ3v) is 5.11. The lowest BCUT2D eigenvalue weighted by Crippen LogP contribution is -1.90. The maximum atomic E-state index is 11.1. The molecule has 0 heterocycles. The lowest BCUT2D eigenvalue weighted by atomic mass is 10.0. The average Bonchev–Trinajstić information content (AvgIpc) is 2.88. The van der Waals surface area contributed by atoms with E-state index >= 15 is 0 Å². The van der Waals surface area contributed by atoms with Crippen LogP contribution < -0.4 is 4.74 Å². The Morgan fingerprint density at radius 3 is 0.970 bits per heavy atom. The zero-order valence-electron chi connectivity index (χ0n) is 17.4. The van der Waals surface area contributed by atoms with Crippen LogP contribution in [-0.2, 0) is 0 Å². The topological polar surface area (TPSA) is 77.5 Å². The minimum Gasteiger partial charge on any atom is -0.457 e. The number of carbonyl (C=O) groups is 4. The first kappa shape index (κ1) is 21.6. The summed E-state index contributed by atoms with van der Waals surface area (Å²) >= 11 is 0. The predicted octanol–water partition coefficient (Wildman–Crippen LogP) is 6.06. The van der Waals surface area contributed by atoms with Crippen LogP contribution >= 0.6 is 0 Å². The van der Waals surface area contributed by atoms with Crippen LogP contribution in [0.4, 0.5) is 0 Å². The zero-order chi connectivity index (χ0) is 23.2. The minimum absolute atomic E-state index is 0.439. The average molecular weight is 434 g/mol. The van der Waals surface area contributed by atoms with E-state index in [2.05, 4.69) is 0 Å². The first-order valence-corrected chi connectivity index (χ1v) is 10.1. The number of rotatable bonds is 8. The van der Waals surface area contributed by atoms with Crippen LogP contribution in [0.2, 0.25) is 0 Å². The maximum Gasteiger partial charge on any atom is 0.150 e.